The predicted molar refractivity (Wildman–Crippen MR) is 76.2 cm³/mol. The number of urea groups is 1. The van der Waals surface area contributed by atoms with Crippen molar-refractivity contribution in [1.82, 2.24) is 10.2 Å². The smallest absolute Gasteiger partial charge is 0.317 e. The number of carbonyl (C=O) groups is 1. The third-order valence-corrected chi connectivity index (χ3v) is 3.98. The first-order chi connectivity index (χ1) is 10.5. The van der Waals surface area contributed by atoms with E-state index in [2.05, 4.69) is 5.32 Å². The van der Waals surface area contributed by atoms with Crippen molar-refractivity contribution in [2.45, 2.75) is 25.0 Å². The molecule has 2 amide bonds. The number of hydrogen-bond acceptors (Lipinski definition) is 3. The van der Waals surface area contributed by atoms with Crippen molar-refractivity contribution in [3.63, 3.8) is 0 Å². The highest BCUT2D eigenvalue weighted by Crippen LogP contribution is 2.24. The molecule has 0 aliphatic carbocycles. The summed E-state index contributed by atoms with van der Waals surface area (Å²) >= 11 is 0. The van der Waals surface area contributed by atoms with Gasteiger partial charge in [0.05, 0.1) is 13.2 Å². The maximum absolute atomic E-state index is 13.1. The molecule has 1 heterocycles. The number of likely N-dealkylation sites (tertiary alicyclic amines) is 1. The second-order valence-electron chi connectivity index (χ2n) is 5.48. The Morgan fingerprint density at radius 3 is 2.86 bits per heavy atom. The number of carbonyl (C=O) groups excluding carboxylic acids is 1. The van der Waals surface area contributed by atoms with Crippen molar-refractivity contribution in [1.29, 1.82) is 0 Å². The first kappa shape index (κ1) is 16.6. The molecule has 2 N–H and O–H groups in total. The fourth-order valence-electron chi connectivity index (χ4n) is 2.57. The standard InChI is InChI=1S/C15H20F2N2O3/c1-22-15(10-20)5-2-6-19(9-15)14(21)18-8-11-3-4-12(16)13(17)7-11/h3-4,7,20H,2,5-6,8-10H2,1H3,(H,18,21). The lowest BCUT2D eigenvalue weighted by atomic mass is 9.93. The molecule has 7 heteroatoms. The van der Waals surface area contributed by atoms with Crippen LogP contribution in [-0.4, -0.2) is 48.4 Å². The highest BCUT2D eigenvalue weighted by molar-refractivity contribution is 5.74. The minimum Gasteiger partial charge on any atom is -0.393 e. The zero-order chi connectivity index (χ0) is 16.2. The van der Waals surface area contributed by atoms with E-state index in [9.17, 15) is 18.7 Å². The first-order valence-electron chi connectivity index (χ1n) is 7.12. The number of piperidine rings is 1. The highest BCUT2D eigenvalue weighted by Gasteiger charge is 2.36. The van der Waals surface area contributed by atoms with Crippen LogP contribution in [0.15, 0.2) is 18.2 Å². The lowest BCUT2D eigenvalue weighted by Crippen LogP contribution is -2.55. The number of benzene rings is 1. The van der Waals surface area contributed by atoms with Crippen LogP contribution in [-0.2, 0) is 11.3 Å². The molecule has 0 aromatic heterocycles. The van der Waals surface area contributed by atoms with Gasteiger partial charge in [0.25, 0.3) is 0 Å². The summed E-state index contributed by atoms with van der Waals surface area (Å²) in [5.74, 6) is -1.86. The molecular formula is C15H20F2N2O3. The molecule has 0 spiro atoms. The van der Waals surface area contributed by atoms with Crippen LogP contribution < -0.4 is 5.32 Å². The van der Waals surface area contributed by atoms with Gasteiger partial charge in [-0.15, -0.1) is 0 Å². The van der Waals surface area contributed by atoms with E-state index in [1.807, 2.05) is 0 Å². The van der Waals surface area contributed by atoms with Crippen molar-refractivity contribution in [3.8, 4) is 0 Å². The van der Waals surface area contributed by atoms with Crippen LogP contribution in [0.3, 0.4) is 0 Å². The maximum Gasteiger partial charge on any atom is 0.317 e. The molecule has 2 rings (SSSR count). The molecule has 0 bridgehead atoms. The van der Waals surface area contributed by atoms with Crippen molar-refractivity contribution in [3.05, 3.63) is 35.4 Å². The van der Waals surface area contributed by atoms with Gasteiger partial charge in [-0.2, -0.15) is 0 Å². The Labute approximate surface area is 127 Å². The molecule has 1 atom stereocenters. The minimum atomic E-state index is -0.941. The molecule has 0 radical (unpaired) electrons. The van der Waals surface area contributed by atoms with Crippen LogP contribution in [0, 0.1) is 11.6 Å². The largest absolute Gasteiger partial charge is 0.393 e. The highest BCUT2D eigenvalue weighted by atomic mass is 19.2. The number of aliphatic hydroxyl groups excluding tert-OH is 1. The number of aliphatic hydroxyl groups is 1. The van der Waals surface area contributed by atoms with E-state index in [-0.39, 0.29) is 19.2 Å². The van der Waals surface area contributed by atoms with Gasteiger partial charge >= 0.3 is 6.03 Å². The maximum atomic E-state index is 13.1. The summed E-state index contributed by atoms with van der Waals surface area (Å²) < 4.78 is 31.3. The molecule has 1 fully saturated rings. The third-order valence-electron chi connectivity index (χ3n) is 3.98. The Kier molecular flexibility index (Phi) is 5.31. The van der Waals surface area contributed by atoms with E-state index < -0.39 is 17.2 Å². The van der Waals surface area contributed by atoms with E-state index in [1.165, 1.54) is 13.2 Å². The molecule has 1 unspecified atom stereocenters. The van der Waals surface area contributed by atoms with Gasteiger partial charge in [-0.25, -0.2) is 13.6 Å². The monoisotopic (exact) mass is 314 g/mol. The number of ether oxygens (including phenoxy) is 1. The number of methoxy groups -OCH3 is 1. The van der Waals surface area contributed by atoms with Gasteiger partial charge in [0, 0.05) is 20.2 Å². The summed E-state index contributed by atoms with van der Waals surface area (Å²) in [6, 6.07) is 3.18. The number of amides is 2. The fraction of sp³-hybridized carbons (Fsp3) is 0.533. The molecule has 1 aromatic carbocycles. The van der Waals surface area contributed by atoms with Crippen molar-refractivity contribution < 1.29 is 23.4 Å². The SMILES string of the molecule is COC1(CO)CCCN(C(=O)NCc2ccc(F)c(F)c2)C1. The molecule has 122 valence electrons. The molecule has 1 aromatic rings. The van der Waals surface area contributed by atoms with Crippen LogP contribution in [0.2, 0.25) is 0 Å². The average Bonchev–Trinajstić information content (AvgIpc) is 2.55. The van der Waals surface area contributed by atoms with E-state index in [0.29, 0.717) is 25.1 Å². The van der Waals surface area contributed by atoms with Crippen LogP contribution in [0.5, 0.6) is 0 Å². The summed E-state index contributed by atoms with van der Waals surface area (Å²) in [6.45, 7) is 0.806. The van der Waals surface area contributed by atoms with Gasteiger partial charge < -0.3 is 20.1 Å². The minimum absolute atomic E-state index is 0.103. The number of hydrogen-bond donors (Lipinski definition) is 2. The Bertz CT molecular complexity index is 536. The summed E-state index contributed by atoms with van der Waals surface area (Å²) in [5, 5.41) is 12.1. The Morgan fingerprint density at radius 2 is 2.23 bits per heavy atom. The number of rotatable bonds is 4. The number of nitrogens with one attached hydrogen (secondary N) is 1. The molecule has 0 saturated carbocycles. The zero-order valence-corrected chi connectivity index (χ0v) is 12.4. The normalized spacial score (nSPS) is 21.7. The topological polar surface area (TPSA) is 61.8 Å². The van der Waals surface area contributed by atoms with Crippen LogP contribution in [0.25, 0.3) is 0 Å². The predicted octanol–water partition coefficient (Wildman–Crippen LogP) is 1.65. The summed E-state index contributed by atoms with van der Waals surface area (Å²) in [7, 11) is 1.51. The number of nitrogens with zero attached hydrogens (tertiary/aromatic N) is 1. The number of halogens is 2. The summed E-state index contributed by atoms with van der Waals surface area (Å²) in [5.41, 5.74) is -0.248. The van der Waals surface area contributed by atoms with Gasteiger partial charge in [-0.05, 0) is 30.5 Å². The zero-order valence-electron chi connectivity index (χ0n) is 12.4. The molecular weight excluding hydrogens is 294 g/mol. The average molecular weight is 314 g/mol. The van der Waals surface area contributed by atoms with Gasteiger partial charge in [0.15, 0.2) is 11.6 Å². The molecule has 1 aliphatic heterocycles. The molecule has 1 aliphatic rings. The summed E-state index contributed by atoms with van der Waals surface area (Å²) in [6.07, 6.45) is 1.42. The first-order valence-corrected chi connectivity index (χ1v) is 7.12. The van der Waals surface area contributed by atoms with Gasteiger partial charge in [-0.1, -0.05) is 6.07 Å². The summed E-state index contributed by atoms with van der Waals surface area (Å²) in [4.78, 5) is 13.7. The fourth-order valence-corrected chi connectivity index (χ4v) is 2.57. The lowest BCUT2D eigenvalue weighted by molar-refractivity contribution is -0.0866. The second-order valence-corrected chi connectivity index (χ2v) is 5.48. The van der Waals surface area contributed by atoms with E-state index >= 15 is 0 Å². The Balaban J connectivity index is 1.93. The third kappa shape index (κ3) is 3.72. The van der Waals surface area contributed by atoms with Gasteiger partial charge in [-0.3, -0.25) is 0 Å². The van der Waals surface area contributed by atoms with E-state index in [4.69, 9.17) is 4.74 Å². The second kappa shape index (κ2) is 7.02. The Morgan fingerprint density at radius 1 is 1.45 bits per heavy atom. The van der Waals surface area contributed by atoms with Gasteiger partial charge in [0.1, 0.15) is 5.60 Å². The van der Waals surface area contributed by atoms with E-state index in [1.54, 1.807) is 4.90 Å². The van der Waals surface area contributed by atoms with E-state index in [0.717, 1.165) is 18.6 Å². The molecule has 5 nitrogen and oxygen atoms in total. The Hall–Kier alpha value is -1.73. The van der Waals surface area contributed by atoms with Crippen molar-refractivity contribution >= 4 is 6.03 Å². The van der Waals surface area contributed by atoms with Crippen molar-refractivity contribution in [2.24, 2.45) is 0 Å². The van der Waals surface area contributed by atoms with Crippen LogP contribution in [0.1, 0.15) is 18.4 Å². The quantitative estimate of drug-likeness (QED) is 0.888. The van der Waals surface area contributed by atoms with Crippen LogP contribution >= 0.6 is 0 Å². The molecule has 1 saturated heterocycles. The van der Waals surface area contributed by atoms with Gasteiger partial charge in [0.2, 0.25) is 0 Å². The lowest BCUT2D eigenvalue weighted by Gasteiger charge is -2.40. The van der Waals surface area contributed by atoms with Crippen molar-refractivity contribution in [2.75, 3.05) is 26.8 Å². The molecule has 22 heavy (non-hydrogen) atoms. The van der Waals surface area contributed by atoms with Crippen LogP contribution in [0.4, 0.5) is 13.6 Å².